The minimum Gasteiger partial charge on any atom is -0.369 e. The Morgan fingerprint density at radius 2 is 1.96 bits per heavy atom. The van der Waals surface area contributed by atoms with Crippen LogP contribution in [0.5, 0.6) is 0 Å². The van der Waals surface area contributed by atoms with Crippen LogP contribution < -0.4 is 15.5 Å². The van der Waals surface area contributed by atoms with E-state index in [1.54, 1.807) is 11.3 Å². The molecular formula is C21H31N5S. The Kier molecular flexibility index (Phi) is 7.54. The van der Waals surface area contributed by atoms with Crippen LogP contribution in [0, 0.1) is 6.92 Å². The van der Waals surface area contributed by atoms with Crippen molar-refractivity contribution in [2.45, 2.75) is 19.9 Å². The number of piperazine rings is 1. The Morgan fingerprint density at radius 3 is 2.67 bits per heavy atom. The fourth-order valence-electron chi connectivity index (χ4n) is 3.37. The second-order valence-electron chi connectivity index (χ2n) is 6.95. The van der Waals surface area contributed by atoms with E-state index in [1.807, 2.05) is 7.05 Å². The molecule has 1 aromatic carbocycles. The van der Waals surface area contributed by atoms with Gasteiger partial charge in [-0.25, -0.2) is 0 Å². The number of thiophene rings is 1. The monoisotopic (exact) mass is 385 g/mol. The third kappa shape index (κ3) is 6.26. The molecule has 6 heteroatoms. The van der Waals surface area contributed by atoms with Crippen LogP contribution in [-0.4, -0.2) is 57.2 Å². The molecule has 2 N–H and O–H groups in total. The first-order valence-corrected chi connectivity index (χ1v) is 10.6. The van der Waals surface area contributed by atoms with E-state index in [0.29, 0.717) is 0 Å². The summed E-state index contributed by atoms with van der Waals surface area (Å²) in [4.78, 5) is 10.7. The van der Waals surface area contributed by atoms with Gasteiger partial charge in [-0.1, -0.05) is 18.2 Å². The molecule has 0 spiro atoms. The molecule has 1 aliphatic heterocycles. The Labute approximate surface area is 167 Å². The molecule has 0 radical (unpaired) electrons. The van der Waals surface area contributed by atoms with E-state index in [-0.39, 0.29) is 0 Å². The summed E-state index contributed by atoms with van der Waals surface area (Å²) in [6.45, 7) is 9.58. The van der Waals surface area contributed by atoms with Crippen LogP contribution >= 0.6 is 11.3 Å². The number of nitrogens with one attached hydrogen (secondary N) is 2. The van der Waals surface area contributed by atoms with Crippen LogP contribution in [0.25, 0.3) is 0 Å². The highest BCUT2D eigenvalue weighted by molar-refractivity contribution is 7.09. The van der Waals surface area contributed by atoms with Crippen molar-refractivity contribution in [1.29, 1.82) is 0 Å². The predicted molar refractivity (Wildman–Crippen MR) is 117 cm³/mol. The highest BCUT2D eigenvalue weighted by Crippen LogP contribution is 2.17. The number of aliphatic imine (C=N–C) groups is 1. The topological polar surface area (TPSA) is 42.9 Å². The van der Waals surface area contributed by atoms with Crippen molar-refractivity contribution in [1.82, 2.24) is 15.5 Å². The molecule has 3 rings (SSSR count). The second kappa shape index (κ2) is 10.3. The number of aryl methyl sites for hydroxylation is 1. The molecule has 0 unspecified atom stereocenters. The molecule has 0 amide bonds. The average molecular weight is 386 g/mol. The standard InChI is InChI=1S/C21H31N5S/c1-18-6-3-7-19(16-18)26-13-11-25(12-14-26)10-5-9-23-21(22-2)24-17-20-8-4-15-27-20/h3-4,6-8,15-16H,5,9-14,17H2,1-2H3,(H2,22,23,24). The van der Waals surface area contributed by atoms with Gasteiger partial charge in [0.2, 0.25) is 0 Å². The molecule has 2 heterocycles. The molecule has 1 aliphatic rings. The maximum absolute atomic E-state index is 4.30. The van der Waals surface area contributed by atoms with Crippen LogP contribution in [0.1, 0.15) is 16.9 Å². The van der Waals surface area contributed by atoms with Crippen LogP contribution in [0.15, 0.2) is 46.8 Å². The minimum atomic E-state index is 0.832. The highest BCUT2D eigenvalue weighted by atomic mass is 32.1. The van der Waals surface area contributed by atoms with Crippen LogP contribution in [0.3, 0.4) is 0 Å². The van der Waals surface area contributed by atoms with Gasteiger partial charge in [0.1, 0.15) is 0 Å². The fraction of sp³-hybridized carbons (Fsp3) is 0.476. The van der Waals surface area contributed by atoms with Crippen molar-refractivity contribution < 1.29 is 0 Å². The van der Waals surface area contributed by atoms with E-state index in [1.165, 1.54) is 16.1 Å². The lowest BCUT2D eigenvalue weighted by Crippen LogP contribution is -2.47. The smallest absolute Gasteiger partial charge is 0.191 e. The quantitative estimate of drug-likeness (QED) is 0.437. The SMILES string of the molecule is CN=C(NCCCN1CCN(c2cccc(C)c2)CC1)NCc1cccs1. The van der Waals surface area contributed by atoms with Crippen LogP contribution in [0.2, 0.25) is 0 Å². The van der Waals surface area contributed by atoms with Gasteiger partial charge in [0.05, 0.1) is 6.54 Å². The zero-order valence-electron chi connectivity index (χ0n) is 16.4. The van der Waals surface area contributed by atoms with Gasteiger partial charge in [-0.3, -0.25) is 9.89 Å². The number of hydrogen-bond acceptors (Lipinski definition) is 4. The maximum atomic E-state index is 4.30. The zero-order valence-corrected chi connectivity index (χ0v) is 17.3. The molecule has 0 atom stereocenters. The Balaban J connectivity index is 1.31. The zero-order chi connectivity index (χ0) is 18.9. The van der Waals surface area contributed by atoms with Gasteiger partial charge >= 0.3 is 0 Å². The fourth-order valence-corrected chi connectivity index (χ4v) is 4.01. The molecule has 0 aliphatic carbocycles. The first-order valence-electron chi connectivity index (χ1n) is 9.75. The Bertz CT molecular complexity index is 705. The third-order valence-electron chi connectivity index (χ3n) is 4.92. The van der Waals surface area contributed by atoms with Gasteiger partial charge in [0.15, 0.2) is 5.96 Å². The van der Waals surface area contributed by atoms with Crippen molar-refractivity contribution in [3.8, 4) is 0 Å². The number of anilines is 1. The van der Waals surface area contributed by atoms with Crippen molar-refractivity contribution in [3.05, 3.63) is 52.2 Å². The maximum Gasteiger partial charge on any atom is 0.191 e. The minimum absolute atomic E-state index is 0.832. The lowest BCUT2D eigenvalue weighted by Gasteiger charge is -2.36. The summed E-state index contributed by atoms with van der Waals surface area (Å²) in [5.41, 5.74) is 2.69. The van der Waals surface area contributed by atoms with Crippen molar-refractivity contribution in [3.63, 3.8) is 0 Å². The molecule has 1 saturated heterocycles. The van der Waals surface area contributed by atoms with E-state index in [0.717, 1.165) is 58.2 Å². The van der Waals surface area contributed by atoms with Gasteiger partial charge in [-0.2, -0.15) is 0 Å². The van der Waals surface area contributed by atoms with Crippen molar-refractivity contribution >= 4 is 23.0 Å². The van der Waals surface area contributed by atoms with E-state index >= 15 is 0 Å². The number of rotatable bonds is 7. The number of hydrogen-bond donors (Lipinski definition) is 2. The molecule has 2 aromatic rings. The second-order valence-corrected chi connectivity index (χ2v) is 7.99. The highest BCUT2D eigenvalue weighted by Gasteiger charge is 2.16. The summed E-state index contributed by atoms with van der Waals surface area (Å²) in [5, 5.41) is 8.89. The summed E-state index contributed by atoms with van der Waals surface area (Å²) in [5.74, 6) is 0.882. The van der Waals surface area contributed by atoms with Gasteiger partial charge in [0.25, 0.3) is 0 Å². The molecule has 146 valence electrons. The van der Waals surface area contributed by atoms with E-state index in [4.69, 9.17) is 0 Å². The summed E-state index contributed by atoms with van der Waals surface area (Å²) in [6, 6.07) is 13.0. The van der Waals surface area contributed by atoms with E-state index in [2.05, 4.69) is 74.1 Å². The van der Waals surface area contributed by atoms with Crippen LogP contribution in [0.4, 0.5) is 5.69 Å². The molecule has 27 heavy (non-hydrogen) atoms. The number of guanidine groups is 1. The molecule has 5 nitrogen and oxygen atoms in total. The first-order chi connectivity index (χ1) is 13.2. The van der Waals surface area contributed by atoms with Gasteiger partial charge in [-0.15, -0.1) is 11.3 Å². The number of benzene rings is 1. The number of nitrogens with zero attached hydrogens (tertiary/aromatic N) is 3. The summed E-state index contributed by atoms with van der Waals surface area (Å²) < 4.78 is 0. The molecule has 1 aromatic heterocycles. The summed E-state index contributed by atoms with van der Waals surface area (Å²) >= 11 is 1.77. The molecule has 1 fully saturated rings. The van der Waals surface area contributed by atoms with Crippen molar-refractivity contribution in [2.75, 3.05) is 51.2 Å². The Morgan fingerprint density at radius 1 is 1.11 bits per heavy atom. The first kappa shape index (κ1) is 19.7. The van der Waals surface area contributed by atoms with E-state index < -0.39 is 0 Å². The summed E-state index contributed by atoms with van der Waals surface area (Å²) in [7, 11) is 1.83. The average Bonchev–Trinajstić information content (AvgIpc) is 3.21. The lowest BCUT2D eigenvalue weighted by atomic mass is 10.2. The molecule has 0 bridgehead atoms. The van der Waals surface area contributed by atoms with Gasteiger partial charge in [-0.05, 0) is 49.0 Å². The largest absolute Gasteiger partial charge is 0.369 e. The lowest BCUT2D eigenvalue weighted by molar-refractivity contribution is 0.255. The predicted octanol–water partition coefficient (Wildman–Crippen LogP) is 2.93. The normalized spacial score (nSPS) is 15.8. The molecule has 0 saturated carbocycles. The van der Waals surface area contributed by atoms with Crippen LogP contribution in [-0.2, 0) is 6.54 Å². The van der Waals surface area contributed by atoms with Gasteiger partial charge in [0, 0.05) is 50.3 Å². The Hall–Kier alpha value is -2.05. The van der Waals surface area contributed by atoms with Crippen molar-refractivity contribution in [2.24, 2.45) is 4.99 Å². The van der Waals surface area contributed by atoms with Gasteiger partial charge < -0.3 is 15.5 Å². The third-order valence-corrected chi connectivity index (χ3v) is 5.79. The summed E-state index contributed by atoms with van der Waals surface area (Å²) in [6.07, 6.45) is 1.13. The molecular weight excluding hydrogens is 354 g/mol. The van der Waals surface area contributed by atoms with E-state index in [9.17, 15) is 0 Å².